The van der Waals surface area contributed by atoms with E-state index in [0.29, 0.717) is 61.2 Å². The third-order valence-corrected chi connectivity index (χ3v) is 4.33. The lowest BCUT2D eigenvalue weighted by atomic mass is 10.2. The summed E-state index contributed by atoms with van der Waals surface area (Å²) in [5.74, 6) is 2.03. The molecule has 0 atom stereocenters. The Kier molecular flexibility index (Phi) is 8.41. The highest BCUT2D eigenvalue weighted by atomic mass is 16.5. The highest BCUT2D eigenvalue weighted by molar-refractivity contribution is 5.61. The molecule has 2 aromatic carbocycles. The van der Waals surface area contributed by atoms with Gasteiger partial charge < -0.3 is 34.7 Å². The normalized spacial score (nSPS) is 10.6. The highest BCUT2D eigenvalue weighted by Gasteiger charge is 2.09. The number of nitrogens with zero attached hydrogens (tertiary/aromatic N) is 3. The van der Waals surface area contributed by atoms with Crippen molar-refractivity contribution in [3.63, 3.8) is 0 Å². The lowest BCUT2D eigenvalue weighted by Gasteiger charge is -2.14. The smallest absolute Gasteiger partial charge is 0.232 e. The van der Waals surface area contributed by atoms with Gasteiger partial charge in [-0.05, 0) is 30.7 Å². The topological polar surface area (TPSA) is 120 Å². The van der Waals surface area contributed by atoms with Crippen LogP contribution in [0.3, 0.4) is 0 Å². The average Bonchev–Trinajstić information content (AvgIpc) is 2.78. The Morgan fingerprint density at radius 3 is 2.00 bits per heavy atom. The van der Waals surface area contributed by atoms with E-state index in [1.54, 1.807) is 38.5 Å². The lowest BCUT2D eigenvalue weighted by molar-refractivity contribution is 0.132. The molecule has 0 radical (unpaired) electrons. The number of aryl methyl sites for hydroxylation is 1. The van der Waals surface area contributed by atoms with Crippen LogP contribution in [0.4, 0.5) is 23.3 Å². The summed E-state index contributed by atoms with van der Waals surface area (Å²) in [5, 5.41) is 16.1. The molecule has 3 rings (SSSR count). The number of phenolic OH excluding ortho intramolecular Hbond substituents is 1. The molecule has 0 spiro atoms. The third kappa shape index (κ3) is 6.69. The second-order valence-corrected chi connectivity index (χ2v) is 6.73. The van der Waals surface area contributed by atoms with Crippen LogP contribution in [0.25, 0.3) is 0 Å². The number of aromatic hydroxyl groups is 1. The van der Waals surface area contributed by atoms with Crippen LogP contribution in [0, 0.1) is 6.92 Å². The Bertz CT molecular complexity index is 1020. The zero-order chi connectivity index (χ0) is 22.8. The summed E-state index contributed by atoms with van der Waals surface area (Å²) in [7, 11) is 3.23. The number of phenols is 1. The van der Waals surface area contributed by atoms with Gasteiger partial charge in [-0.1, -0.05) is 6.07 Å². The van der Waals surface area contributed by atoms with Gasteiger partial charge in [-0.25, -0.2) is 9.97 Å². The van der Waals surface area contributed by atoms with Crippen molar-refractivity contribution in [2.75, 3.05) is 51.3 Å². The Hall–Kier alpha value is -3.63. The van der Waals surface area contributed by atoms with Crippen LogP contribution in [-0.2, 0) is 9.47 Å². The van der Waals surface area contributed by atoms with Gasteiger partial charge in [-0.3, -0.25) is 0 Å². The van der Waals surface area contributed by atoms with Crippen molar-refractivity contribution in [2.45, 2.75) is 6.92 Å². The Morgan fingerprint density at radius 2 is 1.38 bits per heavy atom. The van der Waals surface area contributed by atoms with E-state index in [2.05, 4.69) is 25.6 Å². The third-order valence-electron chi connectivity index (χ3n) is 4.33. The Labute approximate surface area is 186 Å². The Balaban J connectivity index is 1.73. The van der Waals surface area contributed by atoms with Gasteiger partial charge in [0, 0.05) is 37.7 Å². The minimum atomic E-state index is 0.191. The van der Waals surface area contributed by atoms with Crippen molar-refractivity contribution >= 4 is 23.3 Å². The lowest BCUT2D eigenvalue weighted by Crippen LogP contribution is -2.09. The molecule has 0 aliphatic rings. The molecule has 0 bridgehead atoms. The zero-order valence-corrected chi connectivity index (χ0v) is 18.3. The van der Waals surface area contributed by atoms with Gasteiger partial charge in [0.1, 0.15) is 25.3 Å². The second kappa shape index (κ2) is 11.7. The summed E-state index contributed by atoms with van der Waals surface area (Å²) in [6, 6.07) is 10.7. The molecule has 0 fully saturated rings. The predicted molar refractivity (Wildman–Crippen MR) is 120 cm³/mol. The number of aromatic nitrogens is 3. The molecule has 0 amide bonds. The first-order chi connectivity index (χ1) is 15.6. The number of anilines is 4. The van der Waals surface area contributed by atoms with Gasteiger partial charge in [-0.15, -0.1) is 0 Å². The van der Waals surface area contributed by atoms with Gasteiger partial charge in [-0.2, -0.15) is 4.98 Å². The fraction of sp³-hybridized carbons (Fsp3) is 0.318. The summed E-state index contributed by atoms with van der Waals surface area (Å²) < 4.78 is 21.6. The van der Waals surface area contributed by atoms with E-state index in [-0.39, 0.29) is 5.75 Å². The van der Waals surface area contributed by atoms with Crippen LogP contribution in [0.5, 0.6) is 17.2 Å². The van der Waals surface area contributed by atoms with Gasteiger partial charge in [0.25, 0.3) is 0 Å². The SMILES string of the molecule is COCCOc1ccc(Nc2ncnc(Nc3ccc(C)c(O)c3)n2)cc1OCCOC. The van der Waals surface area contributed by atoms with E-state index in [9.17, 15) is 5.11 Å². The van der Waals surface area contributed by atoms with Crippen molar-refractivity contribution in [3.05, 3.63) is 48.3 Å². The van der Waals surface area contributed by atoms with E-state index in [1.165, 1.54) is 6.33 Å². The first kappa shape index (κ1) is 23.0. The van der Waals surface area contributed by atoms with E-state index < -0.39 is 0 Å². The molecule has 0 saturated heterocycles. The van der Waals surface area contributed by atoms with Crippen LogP contribution < -0.4 is 20.1 Å². The van der Waals surface area contributed by atoms with Crippen molar-refractivity contribution in [1.29, 1.82) is 0 Å². The molecule has 1 aromatic heterocycles. The van der Waals surface area contributed by atoms with E-state index in [0.717, 1.165) is 5.56 Å². The van der Waals surface area contributed by atoms with Crippen molar-refractivity contribution in [1.82, 2.24) is 15.0 Å². The zero-order valence-electron chi connectivity index (χ0n) is 18.3. The quantitative estimate of drug-likeness (QED) is 0.361. The van der Waals surface area contributed by atoms with Crippen LogP contribution in [0.15, 0.2) is 42.7 Å². The number of benzene rings is 2. The van der Waals surface area contributed by atoms with E-state index in [4.69, 9.17) is 18.9 Å². The van der Waals surface area contributed by atoms with Crippen LogP contribution in [-0.4, -0.2) is 60.7 Å². The number of hydrogen-bond acceptors (Lipinski definition) is 10. The number of nitrogens with one attached hydrogen (secondary N) is 2. The molecule has 10 nitrogen and oxygen atoms in total. The molecule has 3 N–H and O–H groups in total. The second-order valence-electron chi connectivity index (χ2n) is 6.73. The summed E-state index contributed by atoms with van der Waals surface area (Å²) in [4.78, 5) is 12.7. The largest absolute Gasteiger partial charge is 0.508 e. The molecule has 0 saturated carbocycles. The molecule has 32 heavy (non-hydrogen) atoms. The van der Waals surface area contributed by atoms with Crippen molar-refractivity contribution < 1.29 is 24.1 Å². The molecular weight excluding hydrogens is 414 g/mol. The van der Waals surface area contributed by atoms with E-state index >= 15 is 0 Å². The summed E-state index contributed by atoms with van der Waals surface area (Å²) in [5.41, 5.74) is 2.16. The minimum Gasteiger partial charge on any atom is -0.508 e. The van der Waals surface area contributed by atoms with E-state index in [1.807, 2.05) is 19.1 Å². The molecule has 1 heterocycles. The molecule has 0 aliphatic heterocycles. The first-order valence-corrected chi connectivity index (χ1v) is 9.99. The highest BCUT2D eigenvalue weighted by Crippen LogP contribution is 2.31. The molecule has 0 unspecified atom stereocenters. The average molecular weight is 441 g/mol. The van der Waals surface area contributed by atoms with Gasteiger partial charge in [0.15, 0.2) is 11.5 Å². The Morgan fingerprint density at radius 1 is 0.781 bits per heavy atom. The molecule has 170 valence electrons. The summed E-state index contributed by atoms with van der Waals surface area (Å²) in [6.07, 6.45) is 1.39. The van der Waals surface area contributed by atoms with Gasteiger partial charge >= 0.3 is 0 Å². The van der Waals surface area contributed by atoms with Gasteiger partial charge in [0.2, 0.25) is 11.9 Å². The maximum atomic E-state index is 9.88. The number of methoxy groups -OCH3 is 2. The molecule has 10 heteroatoms. The maximum absolute atomic E-state index is 9.88. The number of ether oxygens (including phenoxy) is 4. The van der Waals surface area contributed by atoms with Crippen molar-refractivity contribution in [2.24, 2.45) is 0 Å². The number of rotatable bonds is 12. The fourth-order valence-corrected chi connectivity index (χ4v) is 2.65. The van der Waals surface area contributed by atoms with Crippen LogP contribution >= 0.6 is 0 Å². The predicted octanol–water partition coefficient (Wildman–Crippen LogP) is 3.42. The summed E-state index contributed by atoms with van der Waals surface area (Å²) >= 11 is 0. The number of hydrogen-bond donors (Lipinski definition) is 3. The van der Waals surface area contributed by atoms with Crippen LogP contribution in [0.2, 0.25) is 0 Å². The minimum absolute atomic E-state index is 0.191. The van der Waals surface area contributed by atoms with Crippen molar-refractivity contribution in [3.8, 4) is 17.2 Å². The fourth-order valence-electron chi connectivity index (χ4n) is 2.65. The van der Waals surface area contributed by atoms with Crippen LogP contribution in [0.1, 0.15) is 5.56 Å². The standard InChI is InChI=1S/C22H27N5O5/c1-15-4-5-16(12-18(15)28)25-21-23-14-24-22(27-21)26-17-6-7-19(31-10-8-29-2)20(13-17)32-11-9-30-3/h4-7,12-14,28H,8-11H2,1-3H3,(H2,23,24,25,26,27). The summed E-state index contributed by atoms with van der Waals surface area (Å²) in [6.45, 7) is 3.53. The molecule has 0 aliphatic carbocycles. The first-order valence-electron chi connectivity index (χ1n) is 9.99. The monoisotopic (exact) mass is 441 g/mol. The van der Waals surface area contributed by atoms with Gasteiger partial charge in [0.05, 0.1) is 13.2 Å². The molecular formula is C22H27N5O5. The maximum Gasteiger partial charge on any atom is 0.232 e. The molecule has 3 aromatic rings.